The second-order valence-electron chi connectivity index (χ2n) is 2.47. The lowest BCUT2D eigenvalue weighted by molar-refractivity contribution is -0.478. The van der Waals surface area contributed by atoms with Gasteiger partial charge in [0.2, 0.25) is 6.54 Å². The number of hydrogen-bond donors (Lipinski definition) is 0. The van der Waals surface area contributed by atoms with Gasteiger partial charge in [0.05, 0.1) is 6.42 Å². The SMILES string of the molecule is O=[N+]([O-])CCC#Cc1ccccc1. The van der Waals surface area contributed by atoms with Gasteiger partial charge in [-0.15, -0.1) is 0 Å². The van der Waals surface area contributed by atoms with Crippen LogP contribution in [0.5, 0.6) is 0 Å². The van der Waals surface area contributed by atoms with Gasteiger partial charge in [-0.2, -0.15) is 0 Å². The fraction of sp³-hybridized carbons (Fsp3) is 0.200. The summed E-state index contributed by atoms with van der Waals surface area (Å²) in [5.41, 5.74) is 0.894. The lowest BCUT2D eigenvalue weighted by atomic mass is 10.2. The van der Waals surface area contributed by atoms with E-state index in [9.17, 15) is 10.1 Å². The van der Waals surface area contributed by atoms with Gasteiger partial charge in [0.1, 0.15) is 0 Å². The zero-order chi connectivity index (χ0) is 9.52. The highest BCUT2D eigenvalue weighted by Gasteiger charge is 1.90. The molecule has 0 aliphatic heterocycles. The molecule has 0 aliphatic carbocycles. The maximum atomic E-state index is 9.95. The number of benzene rings is 1. The van der Waals surface area contributed by atoms with Crippen molar-refractivity contribution in [1.29, 1.82) is 0 Å². The quantitative estimate of drug-likeness (QED) is 0.390. The van der Waals surface area contributed by atoms with Gasteiger partial charge < -0.3 is 0 Å². The summed E-state index contributed by atoms with van der Waals surface area (Å²) in [4.78, 5) is 9.59. The van der Waals surface area contributed by atoms with Crippen molar-refractivity contribution in [2.24, 2.45) is 0 Å². The van der Waals surface area contributed by atoms with Crippen molar-refractivity contribution in [3.63, 3.8) is 0 Å². The van der Waals surface area contributed by atoms with Crippen molar-refractivity contribution in [3.05, 3.63) is 46.0 Å². The van der Waals surface area contributed by atoms with E-state index in [4.69, 9.17) is 0 Å². The first-order valence-corrected chi connectivity index (χ1v) is 3.95. The van der Waals surface area contributed by atoms with E-state index in [2.05, 4.69) is 11.8 Å². The van der Waals surface area contributed by atoms with Crippen molar-refractivity contribution in [1.82, 2.24) is 0 Å². The van der Waals surface area contributed by atoms with Crippen LogP contribution in [0, 0.1) is 22.0 Å². The molecule has 0 saturated heterocycles. The summed E-state index contributed by atoms with van der Waals surface area (Å²) in [6, 6.07) is 9.43. The molecular formula is C10H9NO2. The molecule has 0 bridgehead atoms. The number of nitro groups is 1. The molecule has 0 saturated carbocycles. The number of hydrogen-bond acceptors (Lipinski definition) is 2. The fourth-order valence-corrected chi connectivity index (χ4v) is 0.833. The highest BCUT2D eigenvalue weighted by atomic mass is 16.6. The molecule has 1 aromatic carbocycles. The van der Waals surface area contributed by atoms with Crippen LogP contribution in [0.1, 0.15) is 12.0 Å². The first-order valence-electron chi connectivity index (χ1n) is 3.95. The molecule has 0 aromatic heterocycles. The van der Waals surface area contributed by atoms with E-state index in [0.717, 1.165) is 5.56 Å². The average Bonchev–Trinajstić information content (AvgIpc) is 2.14. The molecule has 0 heterocycles. The number of rotatable bonds is 2. The van der Waals surface area contributed by atoms with Crippen LogP contribution in [0.3, 0.4) is 0 Å². The summed E-state index contributed by atoms with van der Waals surface area (Å²) in [5.74, 6) is 5.59. The molecule has 0 amide bonds. The van der Waals surface area contributed by atoms with Crippen molar-refractivity contribution in [2.45, 2.75) is 6.42 Å². The molecule has 3 nitrogen and oxygen atoms in total. The number of nitrogens with zero attached hydrogens (tertiary/aromatic N) is 1. The summed E-state index contributed by atoms with van der Waals surface area (Å²) < 4.78 is 0. The van der Waals surface area contributed by atoms with E-state index in [1.807, 2.05) is 30.3 Å². The Hall–Kier alpha value is -1.82. The van der Waals surface area contributed by atoms with Gasteiger partial charge >= 0.3 is 0 Å². The molecule has 0 N–H and O–H groups in total. The summed E-state index contributed by atoms with van der Waals surface area (Å²) in [6.45, 7) is -0.0835. The van der Waals surface area contributed by atoms with Gasteiger partial charge in [0, 0.05) is 10.5 Å². The predicted molar refractivity (Wildman–Crippen MR) is 49.8 cm³/mol. The standard InChI is InChI=1S/C10H9NO2/c12-11(13)9-5-4-8-10-6-2-1-3-7-10/h1-3,6-7H,5,9H2. The molecule has 0 unspecified atom stereocenters. The maximum Gasteiger partial charge on any atom is 0.214 e. The van der Waals surface area contributed by atoms with Crippen LogP contribution in [0.4, 0.5) is 0 Å². The molecule has 0 spiro atoms. The van der Waals surface area contributed by atoms with Crippen LogP contribution in [0.25, 0.3) is 0 Å². The first kappa shape index (κ1) is 9.27. The molecular weight excluding hydrogens is 166 g/mol. The smallest absolute Gasteiger partial charge is 0.214 e. The van der Waals surface area contributed by atoms with E-state index in [-0.39, 0.29) is 11.5 Å². The third-order valence-electron chi connectivity index (χ3n) is 1.43. The minimum atomic E-state index is -0.361. The van der Waals surface area contributed by atoms with Crippen molar-refractivity contribution >= 4 is 0 Å². The second-order valence-corrected chi connectivity index (χ2v) is 2.47. The van der Waals surface area contributed by atoms with Crippen LogP contribution < -0.4 is 0 Å². The molecule has 1 rings (SSSR count). The zero-order valence-corrected chi connectivity index (χ0v) is 7.06. The van der Waals surface area contributed by atoms with E-state index in [1.54, 1.807) is 0 Å². The fourth-order valence-electron chi connectivity index (χ4n) is 0.833. The zero-order valence-electron chi connectivity index (χ0n) is 7.06. The average molecular weight is 175 g/mol. The van der Waals surface area contributed by atoms with E-state index < -0.39 is 0 Å². The lowest BCUT2D eigenvalue weighted by Crippen LogP contribution is -1.98. The van der Waals surface area contributed by atoms with Gasteiger partial charge in [-0.1, -0.05) is 30.0 Å². The summed E-state index contributed by atoms with van der Waals surface area (Å²) >= 11 is 0. The third-order valence-corrected chi connectivity index (χ3v) is 1.43. The molecule has 0 radical (unpaired) electrons. The topological polar surface area (TPSA) is 43.1 Å². The first-order chi connectivity index (χ1) is 6.29. The van der Waals surface area contributed by atoms with Crippen molar-refractivity contribution in [3.8, 4) is 11.8 Å². The highest BCUT2D eigenvalue weighted by Crippen LogP contribution is 1.94. The molecule has 66 valence electrons. The second kappa shape index (κ2) is 4.94. The summed E-state index contributed by atoms with van der Waals surface area (Å²) in [5, 5.41) is 9.95. The molecule has 0 atom stereocenters. The monoisotopic (exact) mass is 175 g/mol. The van der Waals surface area contributed by atoms with Gasteiger partial charge in [-0.25, -0.2) is 0 Å². The Bertz CT molecular complexity index is 335. The van der Waals surface area contributed by atoms with Crippen molar-refractivity contribution in [2.75, 3.05) is 6.54 Å². The Morgan fingerprint density at radius 2 is 2.00 bits per heavy atom. The minimum absolute atomic E-state index is 0.0835. The minimum Gasteiger partial charge on any atom is -0.265 e. The molecule has 0 fully saturated rings. The highest BCUT2D eigenvalue weighted by molar-refractivity contribution is 5.33. The van der Waals surface area contributed by atoms with Crippen LogP contribution in [0.2, 0.25) is 0 Å². The Morgan fingerprint density at radius 1 is 1.31 bits per heavy atom. The Balaban J connectivity index is 2.44. The summed E-state index contributed by atoms with van der Waals surface area (Å²) in [7, 11) is 0. The van der Waals surface area contributed by atoms with Crippen LogP contribution in [-0.4, -0.2) is 11.5 Å². The van der Waals surface area contributed by atoms with E-state index >= 15 is 0 Å². The Morgan fingerprint density at radius 3 is 2.62 bits per heavy atom. The van der Waals surface area contributed by atoms with Gasteiger partial charge in [0.15, 0.2) is 0 Å². The van der Waals surface area contributed by atoms with Gasteiger partial charge in [0.25, 0.3) is 0 Å². The predicted octanol–water partition coefficient (Wildman–Crippen LogP) is 1.70. The van der Waals surface area contributed by atoms with Crippen molar-refractivity contribution < 1.29 is 4.92 Å². The van der Waals surface area contributed by atoms with E-state index in [0.29, 0.717) is 6.42 Å². The van der Waals surface area contributed by atoms with E-state index in [1.165, 1.54) is 0 Å². The van der Waals surface area contributed by atoms with Crippen LogP contribution in [0.15, 0.2) is 30.3 Å². The Kier molecular flexibility index (Phi) is 3.52. The Labute approximate surface area is 76.5 Å². The molecule has 1 aromatic rings. The largest absolute Gasteiger partial charge is 0.265 e. The van der Waals surface area contributed by atoms with Gasteiger partial charge in [-0.05, 0) is 12.1 Å². The van der Waals surface area contributed by atoms with Gasteiger partial charge in [-0.3, -0.25) is 10.1 Å². The molecule has 3 heteroatoms. The molecule has 13 heavy (non-hydrogen) atoms. The third kappa shape index (κ3) is 3.92. The molecule has 0 aliphatic rings. The lowest BCUT2D eigenvalue weighted by Gasteiger charge is -1.86. The summed E-state index contributed by atoms with van der Waals surface area (Å²) in [6.07, 6.45) is 0.307. The normalized spacial score (nSPS) is 8.62. The van der Waals surface area contributed by atoms with Crippen LogP contribution in [-0.2, 0) is 0 Å². The maximum absolute atomic E-state index is 9.95. The van der Waals surface area contributed by atoms with Crippen LogP contribution >= 0.6 is 0 Å².